The minimum absolute atomic E-state index is 0.0720. The van der Waals surface area contributed by atoms with Gasteiger partial charge in [-0.15, -0.1) is 11.8 Å². The van der Waals surface area contributed by atoms with E-state index in [9.17, 15) is 0 Å². The first-order chi connectivity index (χ1) is 9.72. The van der Waals surface area contributed by atoms with Crippen molar-refractivity contribution in [1.82, 2.24) is 9.55 Å². The Morgan fingerprint density at radius 1 is 1.20 bits per heavy atom. The summed E-state index contributed by atoms with van der Waals surface area (Å²) >= 11 is 1.59. The van der Waals surface area contributed by atoms with E-state index in [1.54, 1.807) is 18.1 Å². The molecule has 3 rings (SSSR count). The first-order valence-electron chi connectivity index (χ1n) is 6.16. The molecule has 0 aliphatic heterocycles. The summed E-state index contributed by atoms with van der Waals surface area (Å²) in [4.78, 5) is 5.39. The van der Waals surface area contributed by atoms with Crippen molar-refractivity contribution in [1.29, 1.82) is 5.41 Å². The van der Waals surface area contributed by atoms with Gasteiger partial charge < -0.3 is 5.73 Å². The Bertz CT molecular complexity index is 791. The van der Waals surface area contributed by atoms with Gasteiger partial charge in [0.25, 0.3) is 0 Å². The van der Waals surface area contributed by atoms with E-state index in [4.69, 9.17) is 11.1 Å². The van der Waals surface area contributed by atoms with E-state index in [1.165, 1.54) is 0 Å². The molecule has 0 amide bonds. The molecule has 0 radical (unpaired) electrons. The van der Waals surface area contributed by atoms with E-state index in [0.717, 1.165) is 27.2 Å². The van der Waals surface area contributed by atoms with Crippen LogP contribution in [0.1, 0.15) is 5.56 Å². The van der Waals surface area contributed by atoms with Gasteiger partial charge in [0, 0.05) is 4.90 Å². The minimum Gasteiger partial charge on any atom is -0.384 e. The fourth-order valence-electron chi connectivity index (χ4n) is 2.31. The number of thioether (sulfide) groups is 1. The van der Waals surface area contributed by atoms with Crippen molar-refractivity contribution >= 4 is 28.6 Å². The number of amidine groups is 1. The Kier molecular flexibility index (Phi) is 3.20. The predicted molar refractivity (Wildman–Crippen MR) is 83.9 cm³/mol. The van der Waals surface area contributed by atoms with E-state index >= 15 is 0 Å². The van der Waals surface area contributed by atoms with Crippen molar-refractivity contribution in [2.24, 2.45) is 5.73 Å². The lowest BCUT2D eigenvalue weighted by molar-refractivity contribution is 1.07. The highest BCUT2D eigenvalue weighted by Crippen LogP contribution is 2.28. The van der Waals surface area contributed by atoms with Crippen molar-refractivity contribution in [2.45, 2.75) is 4.90 Å². The number of hydrogen-bond donors (Lipinski definition) is 2. The standard InChI is InChI=1S/C15H14N4S/c1-20-13-8-4-7-12(14(13)15(16)17)19-9-18-10-5-2-3-6-11(10)19/h2-9H,1H3,(H3,16,17). The van der Waals surface area contributed by atoms with Gasteiger partial charge in [-0.1, -0.05) is 18.2 Å². The molecule has 0 unspecified atom stereocenters. The van der Waals surface area contributed by atoms with Gasteiger partial charge in [0.15, 0.2) is 0 Å². The summed E-state index contributed by atoms with van der Waals surface area (Å²) < 4.78 is 1.98. The SMILES string of the molecule is CSc1cccc(-n2cnc3ccccc32)c1C(=N)N. The van der Waals surface area contributed by atoms with Gasteiger partial charge in [-0.25, -0.2) is 4.98 Å². The average Bonchev–Trinajstić information content (AvgIpc) is 2.90. The maximum absolute atomic E-state index is 7.86. The zero-order chi connectivity index (χ0) is 14.1. The number of benzene rings is 2. The molecule has 4 nitrogen and oxygen atoms in total. The van der Waals surface area contributed by atoms with E-state index in [1.807, 2.05) is 53.3 Å². The molecule has 1 aromatic heterocycles. The fraction of sp³-hybridized carbons (Fsp3) is 0.0667. The topological polar surface area (TPSA) is 67.7 Å². The highest BCUT2D eigenvalue weighted by molar-refractivity contribution is 7.98. The van der Waals surface area contributed by atoms with Crippen LogP contribution in [-0.2, 0) is 0 Å². The number of nitrogens with two attached hydrogens (primary N) is 1. The second kappa shape index (κ2) is 5.02. The van der Waals surface area contributed by atoms with Gasteiger partial charge in [0.05, 0.1) is 22.3 Å². The van der Waals surface area contributed by atoms with Gasteiger partial charge in [-0.05, 0) is 30.5 Å². The number of imidazole rings is 1. The summed E-state index contributed by atoms with van der Waals surface area (Å²) in [7, 11) is 0. The fourth-order valence-corrected chi connectivity index (χ4v) is 2.95. The largest absolute Gasteiger partial charge is 0.384 e. The lowest BCUT2D eigenvalue weighted by atomic mass is 10.1. The molecule has 0 saturated heterocycles. The van der Waals surface area contributed by atoms with Crippen LogP contribution in [0.3, 0.4) is 0 Å². The molecule has 100 valence electrons. The second-order valence-electron chi connectivity index (χ2n) is 4.37. The third-order valence-electron chi connectivity index (χ3n) is 3.21. The Hall–Kier alpha value is -2.27. The van der Waals surface area contributed by atoms with Crippen molar-refractivity contribution in [3.05, 3.63) is 54.4 Å². The van der Waals surface area contributed by atoms with Crippen LogP contribution in [0, 0.1) is 5.41 Å². The van der Waals surface area contributed by atoms with Crippen LogP contribution in [0.5, 0.6) is 0 Å². The van der Waals surface area contributed by atoms with Gasteiger partial charge in [-0.3, -0.25) is 9.98 Å². The molecule has 1 heterocycles. The number of aromatic nitrogens is 2. The number of fused-ring (bicyclic) bond motifs is 1. The lowest BCUT2D eigenvalue weighted by Crippen LogP contribution is -2.15. The maximum Gasteiger partial charge on any atom is 0.126 e. The van der Waals surface area contributed by atoms with Crippen molar-refractivity contribution in [3.8, 4) is 5.69 Å². The maximum atomic E-state index is 7.86. The molecule has 0 aliphatic carbocycles. The van der Waals surface area contributed by atoms with Crippen LogP contribution in [0.15, 0.2) is 53.7 Å². The summed E-state index contributed by atoms with van der Waals surface area (Å²) in [5.74, 6) is 0.0720. The molecule has 0 atom stereocenters. The zero-order valence-corrected chi connectivity index (χ0v) is 11.8. The van der Waals surface area contributed by atoms with Gasteiger partial charge >= 0.3 is 0 Å². The number of hydrogen-bond acceptors (Lipinski definition) is 3. The first-order valence-corrected chi connectivity index (χ1v) is 7.38. The third kappa shape index (κ3) is 1.96. The number of nitrogen functional groups attached to an aromatic ring is 1. The minimum atomic E-state index is 0.0720. The Morgan fingerprint density at radius 3 is 2.75 bits per heavy atom. The molecule has 0 fully saturated rings. The monoisotopic (exact) mass is 282 g/mol. The van der Waals surface area contributed by atoms with E-state index in [2.05, 4.69) is 4.98 Å². The second-order valence-corrected chi connectivity index (χ2v) is 5.22. The number of rotatable bonds is 3. The number of nitrogens with one attached hydrogen (secondary N) is 1. The molecular weight excluding hydrogens is 268 g/mol. The summed E-state index contributed by atoms with van der Waals surface area (Å²) in [6.45, 7) is 0. The van der Waals surface area contributed by atoms with Gasteiger partial charge in [0.2, 0.25) is 0 Å². The lowest BCUT2D eigenvalue weighted by Gasteiger charge is -2.13. The molecule has 0 saturated carbocycles. The molecule has 5 heteroatoms. The van der Waals surface area contributed by atoms with Crippen molar-refractivity contribution < 1.29 is 0 Å². The van der Waals surface area contributed by atoms with Crippen molar-refractivity contribution in [3.63, 3.8) is 0 Å². The molecular formula is C15H14N4S. The average molecular weight is 282 g/mol. The molecule has 3 N–H and O–H groups in total. The van der Waals surface area contributed by atoms with Crippen LogP contribution >= 0.6 is 11.8 Å². The Labute approximate surface area is 121 Å². The number of para-hydroxylation sites is 2. The van der Waals surface area contributed by atoms with E-state index < -0.39 is 0 Å². The van der Waals surface area contributed by atoms with Crippen LogP contribution in [0.25, 0.3) is 16.7 Å². The zero-order valence-electron chi connectivity index (χ0n) is 11.0. The molecule has 20 heavy (non-hydrogen) atoms. The van der Waals surface area contributed by atoms with Gasteiger partial charge in [0.1, 0.15) is 12.2 Å². The highest BCUT2D eigenvalue weighted by atomic mass is 32.2. The van der Waals surface area contributed by atoms with Crippen molar-refractivity contribution in [2.75, 3.05) is 6.26 Å². The van der Waals surface area contributed by atoms with E-state index in [0.29, 0.717) is 0 Å². The Balaban J connectivity index is 2.32. The predicted octanol–water partition coefficient (Wildman–Crippen LogP) is 3.03. The Morgan fingerprint density at radius 2 is 2.00 bits per heavy atom. The summed E-state index contributed by atoms with van der Waals surface area (Å²) in [6.07, 6.45) is 3.76. The molecule has 2 aromatic carbocycles. The summed E-state index contributed by atoms with van der Waals surface area (Å²) in [6, 6.07) is 13.8. The normalized spacial score (nSPS) is 10.8. The highest BCUT2D eigenvalue weighted by Gasteiger charge is 2.14. The van der Waals surface area contributed by atoms with Crippen LogP contribution in [-0.4, -0.2) is 21.6 Å². The smallest absolute Gasteiger partial charge is 0.126 e. The van der Waals surface area contributed by atoms with Crippen LogP contribution in [0.4, 0.5) is 0 Å². The summed E-state index contributed by atoms with van der Waals surface area (Å²) in [5.41, 5.74) is 9.35. The summed E-state index contributed by atoms with van der Waals surface area (Å²) in [5, 5.41) is 7.86. The van der Waals surface area contributed by atoms with E-state index in [-0.39, 0.29) is 5.84 Å². The molecule has 0 spiro atoms. The van der Waals surface area contributed by atoms with Crippen LogP contribution in [0.2, 0.25) is 0 Å². The molecule has 0 bridgehead atoms. The first kappa shape index (κ1) is 12.7. The number of nitrogens with zero attached hydrogens (tertiary/aromatic N) is 2. The van der Waals surface area contributed by atoms with Crippen LogP contribution < -0.4 is 5.73 Å². The van der Waals surface area contributed by atoms with Gasteiger partial charge in [-0.2, -0.15) is 0 Å². The third-order valence-corrected chi connectivity index (χ3v) is 3.99. The molecule has 0 aliphatic rings. The molecule has 3 aromatic rings. The quantitative estimate of drug-likeness (QED) is 0.441.